The third-order valence-electron chi connectivity index (χ3n) is 5.48. The smallest absolute Gasteiger partial charge is 0.234 e. The van der Waals surface area contributed by atoms with Crippen molar-refractivity contribution in [2.45, 2.75) is 41.7 Å². The van der Waals surface area contributed by atoms with Crippen molar-refractivity contribution >= 4 is 62.9 Å². The van der Waals surface area contributed by atoms with Gasteiger partial charge in [0.1, 0.15) is 0 Å². The highest BCUT2D eigenvalue weighted by molar-refractivity contribution is 8.00. The summed E-state index contributed by atoms with van der Waals surface area (Å²) in [6.07, 6.45) is 2.29. The molecule has 1 atom stereocenters. The number of ketones is 1. The molecule has 2 aliphatic rings. The first-order valence-electron chi connectivity index (χ1n) is 9.92. The minimum Gasteiger partial charge on any atom is -0.294 e. The minimum absolute atomic E-state index is 0.0185. The van der Waals surface area contributed by atoms with E-state index in [0.29, 0.717) is 23.0 Å². The van der Waals surface area contributed by atoms with Crippen LogP contribution in [-0.4, -0.2) is 21.9 Å². The minimum atomic E-state index is -0.149. The van der Waals surface area contributed by atoms with E-state index < -0.39 is 0 Å². The molecule has 0 saturated carbocycles. The maximum Gasteiger partial charge on any atom is 0.234 e. The molecule has 2 aromatic heterocycles. The second-order valence-corrected chi connectivity index (χ2v) is 10.8. The zero-order valence-corrected chi connectivity index (χ0v) is 19.6. The summed E-state index contributed by atoms with van der Waals surface area (Å²) in [5.74, 6) is 0.725. The number of halogens is 1. The van der Waals surface area contributed by atoms with Gasteiger partial charge in [-0.05, 0) is 52.9 Å². The largest absolute Gasteiger partial charge is 0.294 e. The van der Waals surface area contributed by atoms with E-state index in [1.54, 1.807) is 28.0 Å². The average molecular weight is 488 g/mol. The molecule has 1 amide bonds. The number of Topliss-reactive ketones (excluding diaryl/α,β-unsaturated/α-hetero) is 1. The van der Waals surface area contributed by atoms with Gasteiger partial charge >= 0.3 is 0 Å². The number of hydrogen-bond acceptors (Lipinski definition) is 7. The third-order valence-corrected chi connectivity index (χ3v) is 8.55. The summed E-state index contributed by atoms with van der Waals surface area (Å²) in [6.45, 7) is 0. The number of nitrogens with zero attached hydrogens (tertiary/aromatic N) is 3. The zero-order chi connectivity index (χ0) is 21.4. The Balaban J connectivity index is 1.42. The number of thiophene rings is 1. The lowest BCUT2D eigenvalue weighted by Gasteiger charge is -2.36. The van der Waals surface area contributed by atoms with E-state index in [9.17, 15) is 9.59 Å². The summed E-state index contributed by atoms with van der Waals surface area (Å²) in [6, 6.07) is 9.73. The van der Waals surface area contributed by atoms with Crippen LogP contribution in [0.3, 0.4) is 0 Å². The number of aromatic nitrogens is 2. The van der Waals surface area contributed by atoms with Gasteiger partial charge in [0, 0.05) is 40.8 Å². The summed E-state index contributed by atoms with van der Waals surface area (Å²) < 4.78 is 0.794. The monoisotopic (exact) mass is 487 g/mol. The van der Waals surface area contributed by atoms with Crippen molar-refractivity contribution in [3.63, 3.8) is 0 Å². The van der Waals surface area contributed by atoms with Crippen molar-refractivity contribution in [3.8, 4) is 0 Å². The molecule has 0 radical (unpaired) electrons. The Labute approximate surface area is 197 Å². The summed E-state index contributed by atoms with van der Waals surface area (Å²) >= 11 is 10.5. The van der Waals surface area contributed by atoms with Crippen molar-refractivity contribution < 1.29 is 9.59 Å². The maximum atomic E-state index is 13.2. The Morgan fingerprint density at radius 3 is 2.74 bits per heavy atom. The van der Waals surface area contributed by atoms with E-state index >= 15 is 0 Å². The van der Waals surface area contributed by atoms with Crippen LogP contribution in [0, 0.1) is 0 Å². The number of carbonyl (C=O) groups excluding carboxylic acids is 2. The third kappa shape index (κ3) is 4.22. The van der Waals surface area contributed by atoms with Crippen LogP contribution in [0.15, 0.2) is 56.7 Å². The predicted octanol–water partition coefficient (Wildman–Crippen LogP) is 6.07. The maximum absolute atomic E-state index is 13.2. The highest BCUT2D eigenvalue weighted by Crippen LogP contribution is 2.44. The second kappa shape index (κ2) is 8.86. The molecule has 9 heteroatoms. The average Bonchev–Trinajstić information content (AvgIpc) is 3.45. The number of allylic oxidation sites excluding steroid dienone is 2. The fourth-order valence-electron chi connectivity index (χ4n) is 4.05. The molecule has 1 aromatic carbocycles. The molecule has 0 spiro atoms. The second-order valence-electron chi connectivity index (χ2n) is 7.45. The van der Waals surface area contributed by atoms with Gasteiger partial charge < -0.3 is 0 Å². The summed E-state index contributed by atoms with van der Waals surface area (Å²) in [7, 11) is 0. The molecule has 5 rings (SSSR count). The number of benzene rings is 1. The van der Waals surface area contributed by atoms with E-state index in [0.717, 1.165) is 38.9 Å². The first-order chi connectivity index (χ1) is 15.1. The predicted molar refractivity (Wildman–Crippen MR) is 126 cm³/mol. The molecule has 5 nitrogen and oxygen atoms in total. The van der Waals surface area contributed by atoms with Gasteiger partial charge in [0.25, 0.3) is 0 Å². The number of thioether (sulfide) groups is 1. The molecule has 3 heterocycles. The van der Waals surface area contributed by atoms with Gasteiger partial charge in [0.15, 0.2) is 10.1 Å². The van der Waals surface area contributed by atoms with Crippen LogP contribution >= 0.6 is 46.0 Å². The molecule has 31 heavy (non-hydrogen) atoms. The molecule has 1 aliphatic heterocycles. The Bertz CT molecular complexity index is 1160. The fraction of sp³-hybridized carbons (Fsp3) is 0.273. The molecule has 0 fully saturated rings. The molecule has 0 bridgehead atoms. The Kier molecular flexibility index (Phi) is 5.97. The van der Waals surface area contributed by atoms with Gasteiger partial charge in [-0.3, -0.25) is 14.5 Å². The van der Waals surface area contributed by atoms with Gasteiger partial charge in [-0.15, -0.1) is 10.2 Å². The molecule has 1 unspecified atom stereocenters. The van der Waals surface area contributed by atoms with Crippen LogP contribution in [0.25, 0.3) is 0 Å². The topological polar surface area (TPSA) is 63.2 Å². The van der Waals surface area contributed by atoms with Crippen LogP contribution in [0.5, 0.6) is 0 Å². The van der Waals surface area contributed by atoms with Crippen molar-refractivity contribution in [1.29, 1.82) is 0 Å². The highest BCUT2D eigenvalue weighted by atomic mass is 35.5. The number of carbonyl (C=O) groups is 2. The van der Waals surface area contributed by atoms with Gasteiger partial charge in [0.05, 0.1) is 0 Å². The van der Waals surface area contributed by atoms with Crippen molar-refractivity contribution in [1.82, 2.24) is 10.2 Å². The molecular weight excluding hydrogens is 470 g/mol. The van der Waals surface area contributed by atoms with Crippen LogP contribution in [-0.2, 0) is 15.3 Å². The summed E-state index contributed by atoms with van der Waals surface area (Å²) in [5.41, 5.74) is 3.79. The van der Waals surface area contributed by atoms with E-state index in [1.807, 2.05) is 41.1 Å². The fourth-order valence-corrected chi connectivity index (χ4v) is 6.73. The molecule has 0 N–H and O–H groups in total. The van der Waals surface area contributed by atoms with E-state index in [4.69, 9.17) is 11.6 Å². The van der Waals surface area contributed by atoms with Gasteiger partial charge in [-0.2, -0.15) is 11.3 Å². The van der Waals surface area contributed by atoms with Gasteiger partial charge in [-0.1, -0.05) is 46.8 Å². The number of hydrogen-bond donors (Lipinski definition) is 0. The quantitative estimate of drug-likeness (QED) is 0.322. The van der Waals surface area contributed by atoms with E-state index in [-0.39, 0.29) is 24.0 Å². The number of rotatable bonds is 5. The molecule has 158 valence electrons. The summed E-state index contributed by atoms with van der Waals surface area (Å²) in [5, 5.41) is 13.9. The van der Waals surface area contributed by atoms with E-state index in [1.165, 1.54) is 11.3 Å². The van der Waals surface area contributed by atoms with Crippen LogP contribution in [0.1, 0.15) is 42.7 Å². The lowest BCUT2D eigenvalue weighted by molar-refractivity contribution is -0.119. The lowest BCUT2D eigenvalue weighted by Crippen LogP contribution is -2.40. The number of anilines is 1. The Morgan fingerprint density at radius 2 is 1.97 bits per heavy atom. The highest BCUT2D eigenvalue weighted by Gasteiger charge is 2.41. The lowest BCUT2D eigenvalue weighted by atomic mass is 9.78. The molecule has 1 aliphatic carbocycles. The van der Waals surface area contributed by atoms with E-state index in [2.05, 4.69) is 10.2 Å². The van der Waals surface area contributed by atoms with Crippen molar-refractivity contribution in [3.05, 3.63) is 68.5 Å². The van der Waals surface area contributed by atoms with Crippen LogP contribution < -0.4 is 4.90 Å². The zero-order valence-electron chi connectivity index (χ0n) is 16.4. The normalized spacial score (nSPS) is 19.1. The molecule has 0 saturated heterocycles. The van der Waals surface area contributed by atoms with Crippen LogP contribution in [0.2, 0.25) is 5.02 Å². The molecule has 3 aromatic rings. The number of amides is 1. The van der Waals surface area contributed by atoms with Crippen molar-refractivity contribution in [2.24, 2.45) is 0 Å². The standard InChI is InChI=1S/C22H18ClN3O2S3/c23-15-6-4-13(5-7-15)11-30-22-25-24-21(31-22)26-17-2-1-3-18(27)20(17)16(10-19(26)28)14-8-9-29-12-14/h4-9,12,16H,1-3,10-11H2. The van der Waals surface area contributed by atoms with Gasteiger partial charge in [-0.25, -0.2) is 0 Å². The Morgan fingerprint density at radius 1 is 1.13 bits per heavy atom. The summed E-state index contributed by atoms with van der Waals surface area (Å²) in [4.78, 5) is 27.7. The molecular formula is C22H18ClN3O2S3. The van der Waals surface area contributed by atoms with Crippen molar-refractivity contribution in [2.75, 3.05) is 4.90 Å². The first kappa shape index (κ1) is 20.9. The first-order valence-corrected chi connectivity index (χ1v) is 13.0. The van der Waals surface area contributed by atoms with Crippen LogP contribution in [0.4, 0.5) is 5.13 Å². The van der Waals surface area contributed by atoms with Gasteiger partial charge in [0.2, 0.25) is 11.0 Å². The Hall–Kier alpha value is -2.00. The SMILES string of the molecule is O=C1CCCC2=C1C(c1ccsc1)CC(=O)N2c1nnc(SCc2ccc(Cl)cc2)s1.